The van der Waals surface area contributed by atoms with Gasteiger partial charge in [0.25, 0.3) is 5.69 Å². The Hall–Kier alpha value is -2.89. The van der Waals surface area contributed by atoms with Crippen LogP contribution in [-0.4, -0.2) is 9.91 Å². The molecule has 6 nitrogen and oxygen atoms in total. The third-order valence-electron chi connectivity index (χ3n) is 3.01. The summed E-state index contributed by atoms with van der Waals surface area (Å²) in [5.41, 5.74) is 2.20. The summed E-state index contributed by atoms with van der Waals surface area (Å²) in [5.74, 6) is 0. The monoisotopic (exact) mass is 269 g/mol. The predicted molar refractivity (Wildman–Crippen MR) is 74.4 cm³/mol. The van der Waals surface area contributed by atoms with E-state index < -0.39 is 4.92 Å². The maximum Gasteiger partial charge on any atom is 0.295 e. The maximum atomic E-state index is 11.0. The molecule has 0 spiro atoms. The van der Waals surface area contributed by atoms with Crippen LogP contribution in [0.15, 0.2) is 53.5 Å². The maximum absolute atomic E-state index is 11.0. The van der Waals surface area contributed by atoms with Gasteiger partial charge in [-0.3, -0.25) is 10.1 Å². The molecular formula is C14H11N3O3. The zero-order valence-electron chi connectivity index (χ0n) is 10.4. The molecular weight excluding hydrogens is 258 g/mol. The normalized spacial score (nSPS) is 10.6. The number of benzene rings is 1. The number of nitro groups is 1. The first-order valence-electron chi connectivity index (χ1n) is 6.03. The van der Waals surface area contributed by atoms with Crippen LogP contribution in [0.4, 0.5) is 11.4 Å². The fourth-order valence-electron chi connectivity index (χ4n) is 2.05. The molecule has 3 rings (SSSR count). The number of fused-ring (bicyclic) bond motifs is 1. The summed E-state index contributed by atoms with van der Waals surface area (Å²) < 4.78 is 5.00. The largest absolute Gasteiger partial charge is 0.472 e. The topological polar surface area (TPSA) is 81.2 Å². The van der Waals surface area contributed by atoms with Crippen molar-refractivity contribution in [1.82, 2.24) is 4.98 Å². The second-order valence-electron chi connectivity index (χ2n) is 4.27. The smallest absolute Gasteiger partial charge is 0.295 e. The number of nitrogens with zero attached hydrogens (tertiary/aromatic N) is 2. The van der Waals surface area contributed by atoms with Gasteiger partial charge < -0.3 is 9.73 Å². The third kappa shape index (κ3) is 2.18. The molecule has 2 heterocycles. The van der Waals surface area contributed by atoms with Crippen LogP contribution in [-0.2, 0) is 6.54 Å². The number of hydrogen-bond donors (Lipinski definition) is 1. The van der Waals surface area contributed by atoms with E-state index in [0.29, 0.717) is 12.1 Å². The molecule has 100 valence electrons. The fourth-order valence-corrected chi connectivity index (χ4v) is 2.05. The van der Waals surface area contributed by atoms with Crippen molar-refractivity contribution in [3.8, 4) is 0 Å². The standard InChI is InChI=1S/C14H11N3O3/c18-17(19)13-4-3-12(11-2-1-6-15-14(11)13)16-8-10-5-7-20-9-10/h1-7,9,16H,8H2. The van der Waals surface area contributed by atoms with E-state index in [-0.39, 0.29) is 5.69 Å². The van der Waals surface area contributed by atoms with Crippen LogP contribution in [0.1, 0.15) is 5.56 Å². The third-order valence-corrected chi connectivity index (χ3v) is 3.01. The number of rotatable bonds is 4. The second kappa shape index (κ2) is 5.00. The van der Waals surface area contributed by atoms with E-state index in [4.69, 9.17) is 4.42 Å². The molecule has 0 fully saturated rings. The average Bonchev–Trinajstić information content (AvgIpc) is 2.97. The van der Waals surface area contributed by atoms with Crippen LogP contribution in [0.2, 0.25) is 0 Å². The minimum atomic E-state index is -0.421. The van der Waals surface area contributed by atoms with E-state index in [1.165, 1.54) is 6.07 Å². The van der Waals surface area contributed by atoms with Gasteiger partial charge in [0.05, 0.1) is 17.4 Å². The molecule has 0 radical (unpaired) electrons. The van der Waals surface area contributed by atoms with Crippen molar-refractivity contribution >= 4 is 22.3 Å². The second-order valence-corrected chi connectivity index (χ2v) is 4.27. The number of aromatic nitrogens is 1. The summed E-state index contributed by atoms with van der Waals surface area (Å²) in [5, 5.41) is 15.0. The van der Waals surface area contributed by atoms with E-state index in [1.807, 2.05) is 12.1 Å². The Balaban J connectivity index is 1.99. The van der Waals surface area contributed by atoms with Crippen molar-refractivity contribution in [2.45, 2.75) is 6.54 Å². The summed E-state index contributed by atoms with van der Waals surface area (Å²) >= 11 is 0. The van der Waals surface area contributed by atoms with Crippen molar-refractivity contribution in [3.63, 3.8) is 0 Å². The van der Waals surface area contributed by atoms with Gasteiger partial charge in [0.15, 0.2) is 0 Å². The van der Waals surface area contributed by atoms with Crippen molar-refractivity contribution in [2.24, 2.45) is 0 Å². The summed E-state index contributed by atoms with van der Waals surface area (Å²) in [4.78, 5) is 14.7. The van der Waals surface area contributed by atoms with Crippen LogP contribution in [0, 0.1) is 10.1 Å². The lowest BCUT2D eigenvalue weighted by Crippen LogP contribution is -2.00. The Kier molecular flexibility index (Phi) is 3.04. The highest BCUT2D eigenvalue weighted by Gasteiger charge is 2.15. The molecule has 20 heavy (non-hydrogen) atoms. The Morgan fingerprint density at radius 1 is 1.30 bits per heavy atom. The number of non-ortho nitro benzene ring substituents is 1. The van der Waals surface area contributed by atoms with E-state index in [9.17, 15) is 10.1 Å². The summed E-state index contributed by atoms with van der Waals surface area (Å²) in [7, 11) is 0. The SMILES string of the molecule is O=[N+]([O-])c1ccc(NCc2ccoc2)c2cccnc12. The van der Waals surface area contributed by atoms with Crippen LogP contribution in [0.5, 0.6) is 0 Å². The number of anilines is 1. The molecule has 1 N–H and O–H groups in total. The van der Waals surface area contributed by atoms with Gasteiger partial charge in [0, 0.05) is 35.4 Å². The number of hydrogen-bond acceptors (Lipinski definition) is 5. The fraction of sp³-hybridized carbons (Fsp3) is 0.0714. The van der Waals surface area contributed by atoms with Crippen LogP contribution in [0.3, 0.4) is 0 Å². The molecule has 0 bridgehead atoms. The first kappa shape index (κ1) is 12.2. The zero-order chi connectivity index (χ0) is 13.9. The van der Waals surface area contributed by atoms with E-state index in [1.54, 1.807) is 30.9 Å². The van der Waals surface area contributed by atoms with Crippen molar-refractivity contribution < 1.29 is 9.34 Å². The number of nitrogens with one attached hydrogen (secondary N) is 1. The molecule has 0 saturated carbocycles. The molecule has 0 atom stereocenters. The Morgan fingerprint density at radius 2 is 2.20 bits per heavy atom. The van der Waals surface area contributed by atoms with Crippen LogP contribution in [0.25, 0.3) is 10.9 Å². The summed E-state index contributed by atoms with van der Waals surface area (Å²) in [6.45, 7) is 0.582. The summed E-state index contributed by atoms with van der Waals surface area (Å²) in [6.07, 6.45) is 4.81. The van der Waals surface area contributed by atoms with Gasteiger partial charge >= 0.3 is 0 Å². The molecule has 0 aliphatic heterocycles. The van der Waals surface area contributed by atoms with Crippen molar-refractivity contribution in [2.75, 3.05) is 5.32 Å². The minimum absolute atomic E-state index is 0.00876. The van der Waals surface area contributed by atoms with Gasteiger partial charge in [-0.25, -0.2) is 4.98 Å². The first-order valence-corrected chi connectivity index (χ1v) is 6.03. The van der Waals surface area contributed by atoms with E-state index in [0.717, 1.165) is 16.6 Å². The lowest BCUT2D eigenvalue weighted by atomic mass is 10.1. The number of furan rings is 1. The van der Waals surface area contributed by atoms with Gasteiger partial charge in [-0.05, 0) is 24.3 Å². The minimum Gasteiger partial charge on any atom is -0.472 e. The highest BCUT2D eigenvalue weighted by molar-refractivity contribution is 5.96. The molecule has 0 aliphatic carbocycles. The number of nitro benzene ring substituents is 1. The van der Waals surface area contributed by atoms with Gasteiger partial charge in [0.1, 0.15) is 5.52 Å². The van der Waals surface area contributed by atoms with Crippen molar-refractivity contribution in [1.29, 1.82) is 0 Å². The summed E-state index contributed by atoms with van der Waals surface area (Å²) in [6, 6.07) is 8.59. The van der Waals surface area contributed by atoms with Gasteiger partial charge in [-0.1, -0.05) is 0 Å². The average molecular weight is 269 g/mol. The molecule has 0 amide bonds. The Morgan fingerprint density at radius 3 is 2.95 bits per heavy atom. The molecule has 0 saturated heterocycles. The lowest BCUT2D eigenvalue weighted by Gasteiger charge is -2.08. The highest BCUT2D eigenvalue weighted by atomic mass is 16.6. The number of pyridine rings is 1. The molecule has 6 heteroatoms. The zero-order valence-corrected chi connectivity index (χ0v) is 10.4. The van der Waals surface area contributed by atoms with Crippen LogP contribution >= 0.6 is 0 Å². The molecule has 0 aliphatic rings. The van der Waals surface area contributed by atoms with E-state index >= 15 is 0 Å². The van der Waals surface area contributed by atoms with Crippen LogP contribution < -0.4 is 5.32 Å². The Bertz CT molecular complexity index is 753. The molecule has 0 unspecified atom stereocenters. The molecule has 1 aromatic carbocycles. The lowest BCUT2D eigenvalue weighted by molar-refractivity contribution is -0.383. The van der Waals surface area contributed by atoms with E-state index in [2.05, 4.69) is 10.3 Å². The predicted octanol–water partition coefficient (Wildman–Crippen LogP) is 3.35. The van der Waals surface area contributed by atoms with Gasteiger partial charge in [-0.2, -0.15) is 0 Å². The quantitative estimate of drug-likeness (QED) is 0.580. The highest BCUT2D eigenvalue weighted by Crippen LogP contribution is 2.29. The van der Waals surface area contributed by atoms with Gasteiger partial charge in [-0.15, -0.1) is 0 Å². The van der Waals surface area contributed by atoms with Crippen molar-refractivity contribution in [3.05, 3.63) is 64.7 Å². The molecule has 2 aromatic heterocycles. The Labute approximate surface area is 114 Å². The first-order chi connectivity index (χ1) is 9.75. The van der Waals surface area contributed by atoms with Gasteiger partial charge in [0.2, 0.25) is 0 Å². The molecule has 3 aromatic rings.